The van der Waals surface area contributed by atoms with Gasteiger partial charge in [-0.3, -0.25) is 0 Å². The summed E-state index contributed by atoms with van der Waals surface area (Å²) < 4.78 is 0. The van der Waals surface area contributed by atoms with Crippen LogP contribution in [0.1, 0.15) is 40.0 Å². The Morgan fingerprint density at radius 3 is 2.10 bits per heavy atom. The predicted molar refractivity (Wildman–Crippen MR) is 44.9 cm³/mol. The molecular weight excluding hydrogens is 124 g/mol. The molecule has 0 heterocycles. The van der Waals surface area contributed by atoms with Gasteiger partial charge in [0.15, 0.2) is 0 Å². The third-order valence-electron chi connectivity index (χ3n) is 2.27. The van der Waals surface area contributed by atoms with E-state index in [0.717, 1.165) is 12.3 Å². The zero-order valence-electron chi connectivity index (χ0n) is 7.43. The van der Waals surface area contributed by atoms with E-state index in [4.69, 9.17) is 5.11 Å². The van der Waals surface area contributed by atoms with E-state index >= 15 is 0 Å². The molecule has 10 heavy (non-hydrogen) atoms. The van der Waals surface area contributed by atoms with Crippen LogP contribution in [0.4, 0.5) is 0 Å². The Bertz CT molecular complexity index is 67.1. The molecule has 0 amide bonds. The number of hydrogen-bond acceptors (Lipinski definition) is 1. The molecule has 1 nitrogen and oxygen atoms in total. The van der Waals surface area contributed by atoms with E-state index in [2.05, 4.69) is 20.8 Å². The predicted octanol–water partition coefficient (Wildman–Crippen LogP) is 2.44. The summed E-state index contributed by atoms with van der Waals surface area (Å²) in [5.41, 5.74) is 0. The van der Waals surface area contributed by atoms with Gasteiger partial charge in [-0.15, -0.1) is 0 Å². The van der Waals surface area contributed by atoms with Crippen molar-refractivity contribution in [2.75, 3.05) is 6.61 Å². The minimum atomic E-state index is 0.362. The summed E-state index contributed by atoms with van der Waals surface area (Å²) in [7, 11) is 0. The molecule has 0 aromatic heterocycles. The van der Waals surface area contributed by atoms with Crippen LogP contribution < -0.4 is 0 Å². The van der Waals surface area contributed by atoms with Crippen molar-refractivity contribution in [2.24, 2.45) is 11.8 Å². The molecular formula is C9H20O. The fourth-order valence-electron chi connectivity index (χ4n) is 1.11. The van der Waals surface area contributed by atoms with E-state index in [1.807, 2.05) is 0 Å². The number of aliphatic hydroxyl groups excluding tert-OH is 1. The summed E-state index contributed by atoms with van der Waals surface area (Å²) in [6, 6.07) is 0. The van der Waals surface area contributed by atoms with Crippen molar-refractivity contribution < 1.29 is 5.11 Å². The van der Waals surface area contributed by atoms with Crippen LogP contribution in [-0.4, -0.2) is 11.7 Å². The van der Waals surface area contributed by atoms with Crippen LogP contribution in [0.3, 0.4) is 0 Å². The van der Waals surface area contributed by atoms with E-state index in [1.165, 1.54) is 12.8 Å². The van der Waals surface area contributed by atoms with Crippen LogP contribution in [0.25, 0.3) is 0 Å². The molecule has 0 aromatic carbocycles. The fourth-order valence-corrected chi connectivity index (χ4v) is 1.11. The average molecular weight is 144 g/mol. The van der Waals surface area contributed by atoms with Crippen LogP contribution in [0.5, 0.6) is 0 Å². The quantitative estimate of drug-likeness (QED) is 0.628. The monoisotopic (exact) mass is 144 g/mol. The normalized spacial score (nSPS) is 16.8. The molecule has 0 spiro atoms. The maximum absolute atomic E-state index is 8.87. The molecule has 0 rings (SSSR count). The molecule has 62 valence electrons. The van der Waals surface area contributed by atoms with Gasteiger partial charge < -0.3 is 5.11 Å². The summed E-state index contributed by atoms with van der Waals surface area (Å²) in [6.45, 7) is 6.96. The molecule has 0 aliphatic heterocycles. The molecule has 0 aliphatic carbocycles. The average Bonchev–Trinajstić information content (AvgIpc) is 1.99. The lowest BCUT2D eigenvalue weighted by molar-refractivity contribution is 0.198. The van der Waals surface area contributed by atoms with Crippen LogP contribution in [0, 0.1) is 11.8 Å². The largest absolute Gasteiger partial charge is 0.396 e. The molecule has 0 saturated heterocycles. The highest BCUT2D eigenvalue weighted by molar-refractivity contribution is 4.59. The first-order chi connectivity index (χ1) is 4.74. The highest BCUT2D eigenvalue weighted by Gasteiger charge is 2.08. The summed E-state index contributed by atoms with van der Waals surface area (Å²) in [5, 5.41) is 8.87. The van der Waals surface area contributed by atoms with Crippen molar-refractivity contribution in [3.8, 4) is 0 Å². The molecule has 0 unspecified atom stereocenters. The SMILES string of the molecule is CC[C@H](C)C[C@@H](CC)CO. The lowest BCUT2D eigenvalue weighted by Gasteiger charge is -2.15. The van der Waals surface area contributed by atoms with Crippen LogP contribution in [0.15, 0.2) is 0 Å². The van der Waals surface area contributed by atoms with Gasteiger partial charge >= 0.3 is 0 Å². The molecule has 0 saturated carbocycles. The zero-order chi connectivity index (χ0) is 7.98. The Hall–Kier alpha value is -0.0400. The van der Waals surface area contributed by atoms with Gasteiger partial charge in [-0.05, 0) is 18.3 Å². The van der Waals surface area contributed by atoms with Gasteiger partial charge in [0.05, 0.1) is 0 Å². The Labute approximate surface area is 64.5 Å². The van der Waals surface area contributed by atoms with Crippen LogP contribution >= 0.6 is 0 Å². The molecule has 0 aromatic rings. The van der Waals surface area contributed by atoms with E-state index in [0.29, 0.717) is 12.5 Å². The molecule has 2 atom stereocenters. The summed E-state index contributed by atoms with van der Waals surface area (Å²) >= 11 is 0. The van der Waals surface area contributed by atoms with E-state index in [1.54, 1.807) is 0 Å². The minimum absolute atomic E-state index is 0.362. The molecule has 0 aliphatic rings. The second-order valence-corrected chi connectivity index (χ2v) is 3.21. The maximum atomic E-state index is 8.87. The van der Waals surface area contributed by atoms with Gasteiger partial charge in [0.1, 0.15) is 0 Å². The second-order valence-electron chi connectivity index (χ2n) is 3.21. The zero-order valence-corrected chi connectivity index (χ0v) is 7.43. The Morgan fingerprint density at radius 1 is 1.20 bits per heavy atom. The topological polar surface area (TPSA) is 20.2 Å². The highest BCUT2D eigenvalue weighted by atomic mass is 16.3. The number of hydrogen-bond donors (Lipinski definition) is 1. The van der Waals surface area contributed by atoms with Gasteiger partial charge in [-0.1, -0.05) is 33.6 Å². The van der Waals surface area contributed by atoms with Gasteiger partial charge in [0.25, 0.3) is 0 Å². The molecule has 1 N–H and O–H groups in total. The summed E-state index contributed by atoms with van der Waals surface area (Å²) in [4.78, 5) is 0. The second kappa shape index (κ2) is 5.72. The lowest BCUT2D eigenvalue weighted by atomic mass is 9.93. The molecule has 0 fully saturated rings. The van der Waals surface area contributed by atoms with E-state index in [-0.39, 0.29) is 0 Å². The third kappa shape index (κ3) is 3.89. The van der Waals surface area contributed by atoms with Crippen molar-refractivity contribution in [1.29, 1.82) is 0 Å². The first kappa shape index (κ1) is 9.96. The Kier molecular flexibility index (Phi) is 5.70. The van der Waals surface area contributed by atoms with E-state index < -0.39 is 0 Å². The van der Waals surface area contributed by atoms with E-state index in [9.17, 15) is 0 Å². The van der Waals surface area contributed by atoms with Crippen molar-refractivity contribution in [3.63, 3.8) is 0 Å². The van der Waals surface area contributed by atoms with Gasteiger partial charge in [-0.2, -0.15) is 0 Å². The minimum Gasteiger partial charge on any atom is -0.396 e. The summed E-state index contributed by atoms with van der Waals surface area (Å²) in [5.74, 6) is 1.31. The summed E-state index contributed by atoms with van der Waals surface area (Å²) in [6.07, 6.45) is 3.53. The highest BCUT2D eigenvalue weighted by Crippen LogP contribution is 2.16. The smallest absolute Gasteiger partial charge is 0.0459 e. The Morgan fingerprint density at radius 2 is 1.80 bits per heavy atom. The first-order valence-corrected chi connectivity index (χ1v) is 4.35. The third-order valence-corrected chi connectivity index (χ3v) is 2.27. The first-order valence-electron chi connectivity index (χ1n) is 4.35. The van der Waals surface area contributed by atoms with Gasteiger partial charge in [0.2, 0.25) is 0 Å². The maximum Gasteiger partial charge on any atom is 0.0459 e. The fraction of sp³-hybridized carbons (Fsp3) is 1.00. The molecule has 0 radical (unpaired) electrons. The number of rotatable bonds is 5. The standard InChI is InChI=1S/C9H20O/c1-4-8(3)6-9(5-2)7-10/h8-10H,4-7H2,1-3H3/t8-,9+/m0/s1. The Balaban J connectivity index is 3.41. The van der Waals surface area contributed by atoms with Crippen molar-refractivity contribution in [1.82, 2.24) is 0 Å². The van der Waals surface area contributed by atoms with Crippen molar-refractivity contribution in [3.05, 3.63) is 0 Å². The van der Waals surface area contributed by atoms with Crippen LogP contribution in [-0.2, 0) is 0 Å². The van der Waals surface area contributed by atoms with Crippen molar-refractivity contribution in [2.45, 2.75) is 40.0 Å². The van der Waals surface area contributed by atoms with Crippen LogP contribution in [0.2, 0.25) is 0 Å². The number of aliphatic hydroxyl groups is 1. The van der Waals surface area contributed by atoms with Crippen molar-refractivity contribution >= 4 is 0 Å². The lowest BCUT2D eigenvalue weighted by Crippen LogP contribution is -2.08. The van der Waals surface area contributed by atoms with Gasteiger partial charge in [-0.25, -0.2) is 0 Å². The molecule has 0 bridgehead atoms. The van der Waals surface area contributed by atoms with Gasteiger partial charge in [0, 0.05) is 6.61 Å². The molecule has 1 heteroatoms.